The lowest BCUT2D eigenvalue weighted by Gasteiger charge is -2.31. The van der Waals surface area contributed by atoms with Crippen molar-refractivity contribution >= 4 is 17.5 Å². The van der Waals surface area contributed by atoms with Gasteiger partial charge in [-0.05, 0) is 50.3 Å². The highest BCUT2D eigenvalue weighted by Crippen LogP contribution is 2.27. The second-order valence-corrected chi connectivity index (χ2v) is 8.13. The number of anilines is 3. The van der Waals surface area contributed by atoms with Crippen LogP contribution in [-0.2, 0) is 6.42 Å². The molecule has 1 aliphatic carbocycles. The van der Waals surface area contributed by atoms with E-state index in [1.807, 2.05) is 18.2 Å². The van der Waals surface area contributed by atoms with Crippen molar-refractivity contribution in [1.82, 2.24) is 15.3 Å². The van der Waals surface area contributed by atoms with Crippen LogP contribution in [-0.4, -0.2) is 35.1 Å². The summed E-state index contributed by atoms with van der Waals surface area (Å²) < 4.78 is 0. The molecular weight excluding hydrogens is 360 g/mol. The minimum atomic E-state index is 0.495. The molecule has 0 spiro atoms. The van der Waals surface area contributed by atoms with E-state index in [1.54, 1.807) is 6.07 Å². The highest BCUT2D eigenvalue weighted by atomic mass is 15.3. The van der Waals surface area contributed by atoms with Crippen molar-refractivity contribution in [3.63, 3.8) is 0 Å². The first-order chi connectivity index (χ1) is 14.2. The number of nitriles is 1. The molecule has 1 saturated carbocycles. The van der Waals surface area contributed by atoms with E-state index in [2.05, 4.69) is 34.6 Å². The lowest BCUT2D eigenvalue weighted by molar-refractivity contribution is 0.331. The van der Waals surface area contributed by atoms with Crippen LogP contribution in [0.15, 0.2) is 30.3 Å². The molecule has 0 radical (unpaired) electrons. The van der Waals surface area contributed by atoms with Crippen molar-refractivity contribution in [2.24, 2.45) is 0 Å². The van der Waals surface area contributed by atoms with Gasteiger partial charge in [-0.3, -0.25) is 0 Å². The molecule has 29 heavy (non-hydrogen) atoms. The number of benzene rings is 1. The Morgan fingerprint density at radius 3 is 2.83 bits per heavy atom. The van der Waals surface area contributed by atoms with Gasteiger partial charge in [0.25, 0.3) is 0 Å². The molecule has 2 aromatic rings. The summed E-state index contributed by atoms with van der Waals surface area (Å²) in [7, 11) is 0. The first-order valence-corrected chi connectivity index (χ1v) is 10.9. The number of hydrogen-bond donors (Lipinski definition) is 2. The SMILES string of the molecule is CCCc1cc(N2CCC[C@H]2CNC2CCC2)nc(Nc2cccc(C#N)c2)n1. The molecule has 1 saturated heterocycles. The quantitative estimate of drug-likeness (QED) is 0.705. The molecule has 1 aromatic carbocycles. The zero-order valence-corrected chi connectivity index (χ0v) is 17.2. The van der Waals surface area contributed by atoms with Crippen LogP contribution < -0.4 is 15.5 Å². The Kier molecular flexibility index (Phi) is 6.26. The van der Waals surface area contributed by atoms with Crippen molar-refractivity contribution in [3.8, 4) is 6.07 Å². The Labute approximate surface area is 173 Å². The van der Waals surface area contributed by atoms with Crippen molar-refractivity contribution in [3.05, 3.63) is 41.6 Å². The average molecular weight is 391 g/mol. The van der Waals surface area contributed by atoms with Crippen LogP contribution in [0.4, 0.5) is 17.5 Å². The number of nitrogens with one attached hydrogen (secondary N) is 2. The monoisotopic (exact) mass is 390 g/mol. The third-order valence-corrected chi connectivity index (χ3v) is 5.94. The van der Waals surface area contributed by atoms with E-state index in [1.165, 1.54) is 32.1 Å². The summed E-state index contributed by atoms with van der Waals surface area (Å²) in [5.74, 6) is 1.62. The van der Waals surface area contributed by atoms with E-state index >= 15 is 0 Å². The van der Waals surface area contributed by atoms with E-state index < -0.39 is 0 Å². The number of nitrogens with zero attached hydrogens (tertiary/aromatic N) is 4. The van der Waals surface area contributed by atoms with E-state index in [0.29, 0.717) is 23.6 Å². The topological polar surface area (TPSA) is 76.9 Å². The van der Waals surface area contributed by atoms with E-state index in [0.717, 1.165) is 43.1 Å². The zero-order valence-electron chi connectivity index (χ0n) is 17.2. The fourth-order valence-corrected chi connectivity index (χ4v) is 4.13. The van der Waals surface area contributed by atoms with Gasteiger partial charge in [-0.25, -0.2) is 4.98 Å². The summed E-state index contributed by atoms with van der Waals surface area (Å²) in [5, 5.41) is 16.2. The summed E-state index contributed by atoms with van der Waals surface area (Å²) in [6, 6.07) is 13.0. The Morgan fingerprint density at radius 1 is 1.17 bits per heavy atom. The highest BCUT2D eigenvalue weighted by Gasteiger charge is 2.28. The molecular formula is C23H30N6. The number of rotatable bonds is 8. The third-order valence-electron chi connectivity index (χ3n) is 5.94. The molecule has 4 rings (SSSR count). The van der Waals surface area contributed by atoms with Crippen LogP contribution in [0.2, 0.25) is 0 Å². The van der Waals surface area contributed by atoms with Crippen molar-refractivity contribution in [2.75, 3.05) is 23.3 Å². The normalized spacial score (nSPS) is 19.0. The summed E-state index contributed by atoms with van der Waals surface area (Å²) in [6.07, 6.45) is 8.39. The molecule has 2 aliphatic rings. The van der Waals surface area contributed by atoms with Gasteiger partial charge in [0.2, 0.25) is 5.95 Å². The molecule has 2 N–H and O–H groups in total. The fraction of sp³-hybridized carbons (Fsp3) is 0.522. The van der Waals surface area contributed by atoms with Crippen LogP contribution in [0.25, 0.3) is 0 Å². The molecule has 152 valence electrons. The van der Waals surface area contributed by atoms with Crippen molar-refractivity contribution in [1.29, 1.82) is 5.26 Å². The average Bonchev–Trinajstić information content (AvgIpc) is 3.16. The molecule has 0 amide bonds. The molecule has 1 aromatic heterocycles. The molecule has 1 atom stereocenters. The third kappa shape index (κ3) is 4.86. The minimum absolute atomic E-state index is 0.495. The van der Waals surface area contributed by atoms with E-state index in [9.17, 15) is 0 Å². The first kappa shape index (κ1) is 19.7. The minimum Gasteiger partial charge on any atom is -0.352 e. The Morgan fingerprint density at radius 2 is 2.07 bits per heavy atom. The van der Waals surface area contributed by atoms with Gasteiger partial charge in [-0.2, -0.15) is 10.2 Å². The van der Waals surface area contributed by atoms with Crippen LogP contribution in [0, 0.1) is 11.3 Å². The molecule has 2 fully saturated rings. The predicted molar refractivity (Wildman–Crippen MR) is 116 cm³/mol. The molecule has 0 bridgehead atoms. The predicted octanol–water partition coefficient (Wildman–Crippen LogP) is 4.16. The first-order valence-electron chi connectivity index (χ1n) is 10.9. The molecule has 6 nitrogen and oxygen atoms in total. The van der Waals surface area contributed by atoms with Gasteiger partial charge >= 0.3 is 0 Å². The summed E-state index contributed by atoms with van der Waals surface area (Å²) >= 11 is 0. The zero-order chi connectivity index (χ0) is 20.1. The lowest BCUT2D eigenvalue weighted by atomic mass is 9.93. The van der Waals surface area contributed by atoms with Gasteiger partial charge in [0.15, 0.2) is 0 Å². The number of aryl methyl sites for hydroxylation is 1. The second-order valence-electron chi connectivity index (χ2n) is 8.13. The Balaban J connectivity index is 1.54. The summed E-state index contributed by atoms with van der Waals surface area (Å²) in [4.78, 5) is 12.0. The largest absolute Gasteiger partial charge is 0.352 e. The fourth-order valence-electron chi connectivity index (χ4n) is 4.13. The number of hydrogen-bond acceptors (Lipinski definition) is 6. The Bertz CT molecular complexity index is 870. The van der Waals surface area contributed by atoms with E-state index in [-0.39, 0.29) is 0 Å². The van der Waals surface area contributed by atoms with E-state index in [4.69, 9.17) is 15.2 Å². The maximum atomic E-state index is 9.15. The van der Waals surface area contributed by atoms with Crippen LogP contribution in [0.5, 0.6) is 0 Å². The molecule has 6 heteroatoms. The second kappa shape index (κ2) is 9.23. The van der Waals surface area contributed by atoms with Gasteiger partial charge in [0.1, 0.15) is 5.82 Å². The van der Waals surface area contributed by atoms with Crippen LogP contribution in [0.3, 0.4) is 0 Å². The van der Waals surface area contributed by atoms with Crippen molar-refractivity contribution < 1.29 is 0 Å². The maximum absolute atomic E-state index is 9.15. The molecule has 0 unspecified atom stereocenters. The Hall–Kier alpha value is -2.65. The van der Waals surface area contributed by atoms with Crippen molar-refractivity contribution in [2.45, 2.75) is 64.0 Å². The van der Waals surface area contributed by atoms with Crippen LogP contribution >= 0.6 is 0 Å². The summed E-state index contributed by atoms with van der Waals surface area (Å²) in [5.41, 5.74) is 2.53. The lowest BCUT2D eigenvalue weighted by Crippen LogP contribution is -2.44. The standard InChI is InChI=1S/C23H30N6/c1-2-6-19-14-22(29-12-5-11-21(29)16-25-18-8-4-9-18)28-23(26-19)27-20-10-3-7-17(13-20)15-24/h3,7,10,13-14,18,21,25H,2,4-6,8-9,11-12,16H2,1H3,(H,26,27,28)/t21-/m0/s1. The smallest absolute Gasteiger partial charge is 0.229 e. The summed E-state index contributed by atoms with van der Waals surface area (Å²) in [6.45, 7) is 4.25. The highest BCUT2D eigenvalue weighted by molar-refractivity contribution is 5.58. The van der Waals surface area contributed by atoms with Gasteiger partial charge < -0.3 is 15.5 Å². The van der Waals surface area contributed by atoms with Gasteiger partial charge in [-0.15, -0.1) is 0 Å². The van der Waals surface area contributed by atoms with Gasteiger partial charge in [0.05, 0.1) is 11.6 Å². The maximum Gasteiger partial charge on any atom is 0.229 e. The van der Waals surface area contributed by atoms with Gasteiger partial charge in [0, 0.05) is 42.6 Å². The number of aromatic nitrogens is 2. The van der Waals surface area contributed by atoms with Gasteiger partial charge in [-0.1, -0.05) is 25.8 Å². The molecule has 1 aliphatic heterocycles. The van der Waals surface area contributed by atoms with Crippen LogP contribution in [0.1, 0.15) is 56.7 Å². The molecule has 2 heterocycles.